The molecule has 28 heavy (non-hydrogen) atoms. The Hall–Kier alpha value is -3.60. The molecule has 0 amide bonds. The highest BCUT2D eigenvalue weighted by Crippen LogP contribution is 2.20. The zero-order valence-electron chi connectivity index (χ0n) is 15.9. The summed E-state index contributed by atoms with van der Waals surface area (Å²) in [6.07, 6.45) is 4.02. The van der Waals surface area contributed by atoms with Gasteiger partial charge in [0.1, 0.15) is 11.6 Å². The number of nitrogens with zero attached hydrogens (tertiary/aromatic N) is 4. The molecule has 0 aromatic carbocycles. The molecular formula is C20H20N4O4. The number of rotatable bonds is 7. The van der Waals surface area contributed by atoms with Gasteiger partial charge in [0, 0.05) is 17.9 Å². The fraction of sp³-hybridized carbons (Fsp3) is 0.300. The zero-order chi connectivity index (χ0) is 20.1. The first kappa shape index (κ1) is 19.2. The lowest BCUT2D eigenvalue weighted by atomic mass is 10.1. The molecule has 3 aromatic heterocycles. The van der Waals surface area contributed by atoms with E-state index in [1.807, 2.05) is 26.0 Å². The SMILES string of the molecule is CCCn1c(C)cc(/C=C(\C#N)C(=O)OCc2nnc(-c3ccco3)o2)c1C. The molecule has 0 aliphatic rings. The van der Waals surface area contributed by atoms with Crippen LogP contribution >= 0.6 is 0 Å². The number of furan rings is 1. The van der Waals surface area contributed by atoms with Crippen molar-refractivity contribution in [1.82, 2.24) is 14.8 Å². The molecule has 3 aromatic rings. The summed E-state index contributed by atoms with van der Waals surface area (Å²) in [6.45, 7) is 6.70. The van der Waals surface area contributed by atoms with Gasteiger partial charge < -0.3 is 18.1 Å². The molecule has 3 rings (SSSR count). The van der Waals surface area contributed by atoms with E-state index in [9.17, 15) is 10.1 Å². The number of aryl methyl sites for hydroxylation is 1. The molecule has 0 spiro atoms. The summed E-state index contributed by atoms with van der Waals surface area (Å²) in [7, 11) is 0. The molecule has 0 fully saturated rings. The molecule has 3 heterocycles. The highest BCUT2D eigenvalue weighted by Gasteiger charge is 2.16. The van der Waals surface area contributed by atoms with Gasteiger partial charge in [-0.3, -0.25) is 0 Å². The number of hydrogen-bond donors (Lipinski definition) is 0. The minimum atomic E-state index is -0.749. The Morgan fingerprint density at radius 2 is 2.21 bits per heavy atom. The number of aromatic nitrogens is 3. The fourth-order valence-electron chi connectivity index (χ4n) is 2.85. The van der Waals surface area contributed by atoms with Gasteiger partial charge in [0.25, 0.3) is 11.8 Å². The van der Waals surface area contributed by atoms with Crippen LogP contribution in [0.15, 0.2) is 38.9 Å². The van der Waals surface area contributed by atoms with Crippen molar-refractivity contribution in [3.05, 3.63) is 52.9 Å². The van der Waals surface area contributed by atoms with Crippen LogP contribution in [0, 0.1) is 25.2 Å². The van der Waals surface area contributed by atoms with Gasteiger partial charge in [-0.25, -0.2) is 4.79 Å². The number of nitriles is 1. The molecule has 0 saturated carbocycles. The van der Waals surface area contributed by atoms with E-state index in [1.54, 1.807) is 18.2 Å². The summed E-state index contributed by atoms with van der Waals surface area (Å²) < 4.78 is 17.8. The van der Waals surface area contributed by atoms with Gasteiger partial charge in [-0.15, -0.1) is 10.2 Å². The van der Waals surface area contributed by atoms with Gasteiger partial charge in [0.2, 0.25) is 0 Å². The Morgan fingerprint density at radius 3 is 2.89 bits per heavy atom. The third-order valence-corrected chi connectivity index (χ3v) is 4.23. The maximum absolute atomic E-state index is 12.3. The summed E-state index contributed by atoms with van der Waals surface area (Å²) in [5, 5.41) is 17.0. The van der Waals surface area contributed by atoms with E-state index in [0.717, 1.165) is 29.9 Å². The number of hydrogen-bond acceptors (Lipinski definition) is 7. The number of esters is 1. The van der Waals surface area contributed by atoms with Crippen molar-refractivity contribution in [3.63, 3.8) is 0 Å². The Labute approximate surface area is 162 Å². The second-order valence-electron chi connectivity index (χ2n) is 6.20. The maximum atomic E-state index is 12.3. The largest absolute Gasteiger partial charge is 0.459 e. The van der Waals surface area contributed by atoms with Crippen LogP contribution in [-0.2, 0) is 22.7 Å². The van der Waals surface area contributed by atoms with E-state index in [0.29, 0.717) is 5.76 Å². The Bertz CT molecular complexity index is 1040. The van der Waals surface area contributed by atoms with Crippen molar-refractivity contribution in [2.75, 3.05) is 0 Å². The molecule has 0 aliphatic heterocycles. The van der Waals surface area contributed by atoms with E-state index in [4.69, 9.17) is 13.6 Å². The van der Waals surface area contributed by atoms with Gasteiger partial charge in [0.15, 0.2) is 12.4 Å². The summed E-state index contributed by atoms with van der Waals surface area (Å²) >= 11 is 0. The van der Waals surface area contributed by atoms with Crippen LogP contribution in [0.3, 0.4) is 0 Å². The van der Waals surface area contributed by atoms with Crippen molar-refractivity contribution in [1.29, 1.82) is 5.26 Å². The maximum Gasteiger partial charge on any atom is 0.349 e. The van der Waals surface area contributed by atoms with Crippen LogP contribution in [0.4, 0.5) is 0 Å². The average molecular weight is 380 g/mol. The Morgan fingerprint density at radius 1 is 1.39 bits per heavy atom. The van der Waals surface area contributed by atoms with E-state index in [1.165, 1.54) is 6.26 Å². The van der Waals surface area contributed by atoms with Crippen molar-refractivity contribution in [2.24, 2.45) is 0 Å². The van der Waals surface area contributed by atoms with Gasteiger partial charge in [0.05, 0.1) is 6.26 Å². The standard InChI is InChI=1S/C20H20N4O4/c1-4-7-24-13(2)9-15(14(24)3)10-16(11-21)20(25)27-12-18-22-23-19(28-18)17-6-5-8-26-17/h5-6,8-10H,4,7,12H2,1-3H3/b16-10+. The van der Waals surface area contributed by atoms with Crippen molar-refractivity contribution in [2.45, 2.75) is 40.3 Å². The minimum Gasteiger partial charge on any atom is -0.459 e. The normalized spacial score (nSPS) is 11.4. The van der Waals surface area contributed by atoms with E-state index >= 15 is 0 Å². The molecule has 144 valence electrons. The Kier molecular flexibility index (Phi) is 5.75. The predicted octanol–water partition coefficient (Wildman–Crippen LogP) is 3.81. The minimum absolute atomic E-state index is 0.0949. The van der Waals surface area contributed by atoms with Gasteiger partial charge in [-0.05, 0) is 50.1 Å². The van der Waals surface area contributed by atoms with Crippen LogP contribution in [0.2, 0.25) is 0 Å². The predicted molar refractivity (Wildman–Crippen MR) is 99.6 cm³/mol. The van der Waals surface area contributed by atoms with Crippen LogP contribution in [0.1, 0.15) is 36.2 Å². The number of carbonyl (C=O) groups excluding carboxylic acids is 1. The summed E-state index contributed by atoms with van der Waals surface area (Å²) in [6, 6.07) is 7.22. The third-order valence-electron chi connectivity index (χ3n) is 4.23. The van der Waals surface area contributed by atoms with Gasteiger partial charge in [-0.2, -0.15) is 5.26 Å². The molecule has 0 aliphatic carbocycles. The summed E-state index contributed by atoms with van der Waals surface area (Å²) in [5.74, 6) is -0.0284. The smallest absolute Gasteiger partial charge is 0.349 e. The quantitative estimate of drug-likeness (QED) is 0.348. The molecule has 0 unspecified atom stereocenters. The lowest BCUT2D eigenvalue weighted by molar-refractivity contribution is -0.140. The van der Waals surface area contributed by atoms with E-state index < -0.39 is 5.97 Å². The lowest BCUT2D eigenvalue weighted by Crippen LogP contribution is -2.07. The van der Waals surface area contributed by atoms with Gasteiger partial charge >= 0.3 is 5.97 Å². The molecule has 0 bridgehead atoms. The van der Waals surface area contributed by atoms with Gasteiger partial charge in [-0.1, -0.05) is 6.92 Å². The second kappa shape index (κ2) is 8.39. The Balaban J connectivity index is 1.70. The molecule has 8 heteroatoms. The molecule has 8 nitrogen and oxygen atoms in total. The highest BCUT2D eigenvalue weighted by molar-refractivity contribution is 5.98. The third kappa shape index (κ3) is 4.04. The van der Waals surface area contributed by atoms with Crippen molar-refractivity contribution >= 4 is 12.0 Å². The van der Waals surface area contributed by atoms with Crippen LogP contribution in [0.5, 0.6) is 0 Å². The number of ether oxygens (including phenoxy) is 1. The monoisotopic (exact) mass is 380 g/mol. The molecular weight excluding hydrogens is 360 g/mol. The molecule has 0 saturated heterocycles. The molecule has 0 N–H and O–H groups in total. The second-order valence-corrected chi connectivity index (χ2v) is 6.20. The van der Waals surface area contributed by atoms with Crippen molar-refractivity contribution < 1.29 is 18.4 Å². The lowest BCUT2D eigenvalue weighted by Gasteiger charge is -2.07. The number of carbonyl (C=O) groups is 1. The fourth-order valence-corrected chi connectivity index (χ4v) is 2.85. The molecule has 0 radical (unpaired) electrons. The van der Waals surface area contributed by atoms with Crippen LogP contribution in [0.25, 0.3) is 17.7 Å². The van der Waals surface area contributed by atoms with E-state index in [2.05, 4.69) is 21.7 Å². The summed E-state index contributed by atoms with van der Waals surface area (Å²) in [5.41, 5.74) is 2.80. The first-order valence-electron chi connectivity index (χ1n) is 8.85. The summed E-state index contributed by atoms with van der Waals surface area (Å²) in [4.78, 5) is 12.3. The zero-order valence-corrected chi connectivity index (χ0v) is 15.9. The topological polar surface area (TPSA) is 107 Å². The molecule has 0 atom stereocenters. The van der Waals surface area contributed by atoms with Crippen molar-refractivity contribution in [3.8, 4) is 17.7 Å². The first-order valence-corrected chi connectivity index (χ1v) is 8.85. The highest BCUT2D eigenvalue weighted by atomic mass is 16.5. The average Bonchev–Trinajstić information content (AvgIpc) is 3.42. The first-order chi connectivity index (χ1) is 13.5. The van der Waals surface area contributed by atoms with Crippen LogP contribution < -0.4 is 0 Å². The van der Waals surface area contributed by atoms with E-state index in [-0.39, 0.29) is 24.0 Å². The van der Waals surface area contributed by atoms with Crippen LogP contribution in [-0.4, -0.2) is 20.7 Å².